The second-order valence-corrected chi connectivity index (χ2v) is 10.5. The third-order valence-corrected chi connectivity index (χ3v) is 7.18. The van der Waals surface area contributed by atoms with Gasteiger partial charge in [0.15, 0.2) is 5.12 Å². The summed E-state index contributed by atoms with van der Waals surface area (Å²) in [7, 11) is 0. The molecule has 2 unspecified atom stereocenters. The number of hydrogen-bond donors (Lipinski definition) is 1. The molecule has 210 valence electrons. The fourth-order valence-corrected chi connectivity index (χ4v) is 4.90. The van der Waals surface area contributed by atoms with Crippen LogP contribution >= 0.6 is 11.8 Å². The number of esters is 2. The molecule has 3 rings (SSSR count). The summed E-state index contributed by atoms with van der Waals surface area (Å²) in [5.41, 5.74) is 2.24. The topological polar surface area (TPSA) is 98.8 Å². The lowest BCUT2D eigenvalue weighted by Gasteiger charge is -2.26. The first-order valence-electron chi connectivity index (χ1n) is 12.8. The molecule has 0 saturated carbocycles. The third kappa shape index (κ3) is 9.64. The second-order valence-electron chi connectivity index (χ2n) is 9.35. The molecular formula is C31H32FNO6S. The molecule has 1 amide bonds. The minimum absolute atomic E-state index is 0.0348. The second kappa shape index (κ2) is 15.0. The maximum atomic E-state index is 13.6. The van der Waals surface area contributed by atoms with Gasteiger partial charge < -0.3 is 14.8 Å². The summed E-state index contributed by atoms with van der Waals surface area (Å²) in [4.78, 5) is 49.8. The Morgan fingerprint density at radius 2 is 1.52 bits per heavy atom. The summed E-state index contributed by atoms with van der Waals surface area (Å²) in [6.45, 7) is 4.59. The zero-order chi connectivity index (χ0) is 29.1. The number of carbonyl (C=O) groups excluding carboxylic acids is 4. The number of benzene rings is 3. The molecule has 1 N–H and O–H groups in total. The zero-order valence-electron chi connectivity index (χ0n) is 22.6. The first-order chi connectivity index (χ1) is 19.1. The predicted octanol–water partition coefficient (Wildman–Crippen LogP) is 5.22. The molecule has 0 radical (unpaired) electrons. The minimum Gasteiger partial charge on any atom is -0.459 e. The highest BCUT2D eigenvalue weighted by Crippen LogP contribution is 2.28. The van der Waals surface area contributed by atoms with E-state index in [1.54, 1.807) is 36.4 Å². The molecule has 3 atom stereocenters. The molecule has 0 saturated heterocycles. The highest BCUT2D eigenvalue weighted by molar-refractivity contribution is 8.13. The zero-order valence-corrected chi connectivity index (χ0v) is 23.4. The number of rotatable bonds is 12. The van der Waals surface area contributed by atoms with E-state index < -0.39 is 35.6 Å². The summed E-state index contributed by atoms with van der Waals surface area (Å²) in [5.74, 6) is -2.40. The monoisotopic (exact) mass is 565 g/mol. The highest BCUT2D eigenvalue weighted by atomic mass is 32.2. The van der Waals surface area contributed by atoms with E-state index in [1.165, 1.54) is 26.0 Å². The van der Waals surface area contributed by atoms with Crippen LogP contribution in [0.4, 0.5) is 4.39 Å². The fraction of sp³-hybridized carbons (Fsp3) is 0.290. The van der Waals surface area contributed by atoms with Crippen molar-refractivity contribution in [2.75, 3.05) is 5.75 Å². The van der Waals surface area contributed by atoms with Gasteiger partial charge in [0.1, 0.15) is 24.2 Å². The Morgan fingerprint density at radius 1 is 0.875 bits per heavy atom. The largest absolute Gasteiger partial charge is 0.459 e. The Labute approximate surface area is 237 Å². The van der Waals surface area contributed by atoms with Gasteiger partial charge in [-0.05, 0) is 46.9 Å². The molecule has 0 aliphatic heterocycles. The lowest BCUT2D eigenvalue weighted by Crippen LogP contribution is -2.47. The van der Waals surface area contributed by atoms with Gasteiger partial charge in [-0.3, -0.25) is 14.4 Å². The van der Waals surface area contributed by atoms with Crippen molar-refractivity contribution in [2.24, 2.45) is 5.92 Å². The molecule has 40 heavy (non-hydrogen) atoms. The van der Waals surface area contributed by atoms with Crippen molar-refractivity contribution in [1.82, 2.24) is 5.32 Å². The van der Waals surface area contributed by atoms with Crippen molar-refractivity contribution >= 4 is 34.7 Å². The normalized spacial score (nSPS) is 13.0. The lowest BCUT2D eigenvalue weighted by atomic mass is 9.87. The van der Waals surface area contributed by atoms with E-state index in [1.807, 2.05) is 37.3 Å². The van der Waals surface area contributed by atoms with Gasteiger partial charge in [-0.1, -0.05) is 73.3 Å². The van der Waals surface area contributed by atoms with Crippen molar-refractivity contribution in [3.05, 3.63) is 101 Å². The minimum atomic E-state index is -1.03. The van der Waals surface area contributed by atoms with Crippen molar-refractivity contribution in [1.29, 1.82) is 0 Å². The summed E-state index contributed by atoms with van der Waals surface area (Å²) in [6.07, 6.45) is 0.122. The molecule has 7 nitrogen and oxygen atoms in total. The van der Waals surface area contributed by atoms with Gasteiger partial charge in [-0.15, -0.1) is 0 Å². The Hall–Kier alpha value is -3.98. The van der Waals surface area contributed by atoms with Crippen molar-refractivity contribution < 1.29 is 33.0 Å². The van der Waals surface area contributed by atoms with E-state index in [0.29, 0.717) is 11.3 Å². The van der Waals surface area contributed by atoms with Gasteiger partial charge in [0.05, 0.1) is 5.92 Å². The molecule has 9 heteroatoms. The molecule has 0 aliphatic carbocycles. The molecule has 0 bridgehead atoms. The quantitative estimate of drug-likeness (QED) is 0.237. The summed E-state index contributed by atoms with van der Waals surface area (Å²) in [5, 5.41) is 2.69. The molecule has 0 fully saturated rings. The number of hydrogen-bond acceptors (Lipinski definition) is 7. The first-order valence-corrected chi connectivity index (χ1v) is 13.8. The van der Waals surface area contributed by atoms with Crippen molar-refractivity contribution in [2.45, 2.75) is 45.8 Å². The Kier molecular flexibility index (Phi) is 11.4. The number of thioether (sulfide) groups is 1. The average Bonchev–Trinajstić information content (AvgIpc) is 2.93. The van der Waals surface area contributed by atoms with E-state index in [0.717, 1.165) is 22.9 Å². The molecular weight excluding hydrogens is 533 g/mol. The van der Waals surface area contributed by atoms with Gasteiger partial charge in [0.2, 0.25) is 5.91 Å². The lowest BCUT2D eigenvalue weighted by molar-refractivity contribution is -0.149. The summed E-state index contributed by atoms with van der Waals surface area (Å²) < 4.78 is 24.1. The van der Waals surface area contributed by atoms with Crippen LogP contribution in [0.2, 0.25) is 0 Å². The van der Waals surface area contributed by atoms with Crippen LogP contribution in [0.1, 0.15) is 43.4 Å². The Balaban J connectivity index is 1.82. The van der Waals surface area contributed by atoms with Crippen molar-refractivity contribution in [3.63, 3.8) is 0 Å². The van der Waals surface area contributed by atoms with E-state index in [9.17, 15) is 23.6 Å². The van der Waals surface area contributed by atoms with Crippen LogP contribution in [0.5, 0.6) is 5.75 Å². The average molecular weight is 566 g/mol. The molecule has 0 aromatic heterocycles. The highest BCUT2D eigenvalue weighted by Gasteiger charge is 2.31. The number of halogens is 1. The SMILES string of the molecule is CC(=O)Oc1ccc(C[C@H](NC(=O)C(CSC(C)=O)C(C)c2ccc(F)cc2)C(=O)OCc2ccccc2)cc1. The van der Waals surface area contributed by atoms with E-state index in [2.05, 4.69) is 5.32 Å². The molecule has 0 heterocycles. The van der Waals surface area contributed by atoms with Gasteiger partial charge >= 0.3 is 11.9 Å². The van der Waals surface area contributed by atoms with Crippen LogP contribution in [-0.2, 0) is 36.9 Å². The van der Waals surface area contributed by atoms with Crippen LogP contribution in [0.25, 0.3) is 0 Å². The van der Waals surface area contributed by atoms with Crippen LogP contribution in [-0.4, -0.2) is 34.8 Å². The van der Waals surface area contributed by atoms with Gasteiger partial charge in [0.25, 0.3) is 0 Å². The van der Waals surface area contributed by atoms with Gasteiger partial charge in [-0.2, -0.15) is 0 Å². The Bertz CT molecular complexity index is 1300. The van der Waals surface area contributed by atoms with Crippen LogP contribution in [0, 0.1) is 11.7 Å². The molecule has 0 aliphatic rings. The van der Waals surface area contributed by atoms with E-state index in [4.69, 9.17) is 9.47 Å². The molecule has 3 aromatic carbocycles. The summed E-state index contributed by atoms with van der Waals surface area (Å²) >= 11 is 1.02. The fourth-order valence-electron chi connectivity index (χ4n) is 4.05. The van der Waals surface area contributed by atoms with E-state index >= 15 is 0 Å². The van der Waals surface area contributed by atoms with Crippen molar-refractivity contribution in [3.8, 4) is 5.75 Å². The smallest absolute Gasteiger partial charge is 0.329 e. The standard InChI is InChI=1S/C31H32FNO6S/c1-20(25-11-13-26(32)14-12-25)28(19-40-22(3)35)30(36)33-29(31(37)38-18-24-7-5-4-6-8-24)17-23-9-15-27(16-10-23)39-21(2)34/h4-16,20,28-29H,17-19H2,1-3H3,(H,33,36)/t20?,28?,29-/m0/s1. The maximum absolute atomic E-state index is 13.6. The number of amides is 1. The van der Waals surface area contributed by atoms with Crippen LogP contribution < -0.4 is 10.1 Å². The number of nitrogens with one attached hydrogen (secondary N) is 1. The van der Waals surface area contributed by atoms with Crippen LogP contribution in [0.3, 0.4) is 0 Å². The first kappa shape index (κ1) is 30.6. The maximum Gasteiger partial charge on any atom is 0.329 e. The van der Waals surface area contributed by atoms with Gasteiger partial charge in [0, 0.05) is 26.0 Å². The predicted molar refractivity (Wildman–Crippen MR) is 151 cm³/mol. The number of carbonyl (C=O) groups is 4. The molecule has 3 aromatic rings. The van der Waals surface area contributed by atoms with Crippen LogP contribution in [0.15, 0.2) is 78.9 Å². The van der Waals surface area contributed by atoms with Gasteiger partial charge in [-0.25, -0.2) is 9.18 Å². The number of ether oxygens (including phenoxy) is 2. The Morgan fingerprint density at radius 3 is 2.12 bits per heavy atom. The van der Waals surface area contributed by atoms with E-state index in [-0.39, 0.29) is 29.8 Å². The molecule has 0 spiro atoms. The summed E-state index contributed by atoms with van der Waals surface area (Å²) in [6, 6.07) is 20.6. The third-order valence-electron chi connectivity index (χ3n) is 6.25.